The van der Waals surface area contributed by atoms with Crippen molar-refractivity contribution >= 4 is 0 Å². The molecular weight excluding hydrogens is 320 g/mol. The molecule has 0 bridgehead atoms. The van der Waals surface area contributed by atoms with Crippen LogP contribution in [0.1, 0.15) is 11.1 Å². The quantitative estimate of drug-likeness (QED) is 0.709. The Morgan fingerprint density at radius 2 is 1.16 bits per heavy atom. The average molecular weight is 344 g/mol. The lowest BCUT2D eigenvalue weighted by molar-refractivity contribution is -0.115. The van der Waals surface area contributed by atoms with Crippen molar-refractivity contribution in [3.05, 3.63) is 71.8 Å². The number of rotatable bonds is 7. The Morgan fingerprint density at radius 1 is 0.680 bits per heavy atom. The van der Waals surface area contributed by atoms with Crippen molar-refractivity contribution in [2.45, 2.75) is 37.6 Å². The lowest BCUT2D eigenvalue weighted by Gasteiger charge is -2.25. The van der Waals surface area contributed by atoms with E-state index in [9.17, 15) is 15.3 Å². The minimum absolute atomic E-state index is 0.275. The van der Waals surface area contributed by atoms with Crippen LogP contribution in [0.5, 0.6) is 0 Å². The molecule has 5 nitrogen and oxygen atoms in total. The first-order chi connectivity index (χ1) is 12.2. The number of benzene rings is 2. The van der Waals surface area contributed by atoms with Crippen LogP contribution in [0.4, 0.5) is 0 Å². The number of hydrogen-bond donors (Lipinski definition) is 3. The van der Waals surface area contributed by atoms with Gasteiger partial charge in [0, 0.05) is 5.92 Å². The van der Waals surface area contributed by atoms with Gasteiger partial charge in [-0.1, -0.05) is 60.7 Å². The second-order valence-corrected chi connectivity index (χ2v) is 6.35. The molecule has 0 saturated heterocycles. The summed E-state index contributed by atoms with van der Waals surface area (Å²) in [6.45, 7) is 0.355. The fraction of sp³-hybridized carbons (Fsp3) is 0.400. The van der Waals surface area contributed by atoms with E-state index in [2.05, 4.69) is 0 Å². The van der Waals surface area contributed by atoms with Gasteiger partial charge in [0.25, 0.3) is 0 Å². The smallest absolute Gasteiger partial charge is 0.113 e. The van der Waals surface area contributed by atoms with E-state index in [1.165, 1.54) is 0 Å². The summed E-state index contributed by atoms with van der Waals surface area (Å²) in [5.74, 6) is -0.584. The number of aliphatic hydroxyl groups is 3. The van der Waals surface area contributed by atoms with Crippen molar-refractivity contribution in [2.24, 2.45) is 5.92 Å². The molecule has 3 N–H and O–H groups in total. The van der Waals surface area contributed by atoms with Crippen LogP contribution < -0.4 is 0 Å². The van der Waals surface area contributed by atoms with Crippen LogP contribution in [0.25, 0.3) is 0 Å². The summed E-state index contributed by atoms with van der Waals surface area (Å²) in [5.41, 5.74) is 1.95. The van der Waals surface area contributed by atoms with Crippen LogP contribution in [0, 0.1) is 5.92 Å². The molecule has 0 amide bonds. The highest BCUT2D eigenvalue weighted by atomic mass is 16.6. The molecule has 1 fully saturated rings. The molecule has 0 aromatic heterocycles. The van der Waals surface area contributed by atoms with Gasteiger partial charge >= 0.3 is 0 Å². The van der Waals surface area contributed by atoms with Gasteiger partial charge in [0.15, 0.2) is 0 Å². The van der Waals surface area contributed by atoms with Crippen LogP contribution >= 0.6 is 0 Å². The monoisotopic (exact) mass is 344 g/mol. The van der Waals surface area contributed by atoms with E-state index in [0.717, 1.165) is 11.1 Å². The summed E-state index contributed by atoms with van der Waals surface area (Å²) in [4.78, 5) is 0. The first kappa shape index (κ1) is 18.0. The maximum atomic E-state index is 10.3. The topological polar surface area (TPSA) is 79.2 Å². The molecule has 134 valence electrons. The van der Waals surface area contributed by atoms with E-state index in [1.807, 2.05) is 60.7 Å². The van der Waals surface area contributed by atoms with Crippen molar-refractivity contribution < 1.29 is 24.8 Å². The van der Waals surface area contributed by atoms with Crippen molar-refractivity contribution in [3.8, 4) is 0 Å². The Morgan fingerprint density at radius 3 is 1.64 bits per heavy atom. The second-order valence-electron chi connectivity index (χ2n) is 6.35. The predicted molar refractivity (Wildman–Crippen MR) is 92.6 cm³/mol. The summed E-state index contributed by atoms with van der Waals surface area (Å²) in [6, 6.07) is 19.3. The molecule has 0 aliphatic heterocycles. The molecule has 0 spiro atoms. The average Bonchev–Trinajstić information content (AvgIpc) is 2.89. The van der Waals surface area contributed by atoms with Gasteiger partial charge in [-0.05, 0) is 11.1 Å². The number of aliphatic hydroxyl groups excluding tert-OH is 3. The molecule has 0 radical (unpaired) electrons. The highest BCUT2D eigenvalue weighted by Gasteiger charge is 2.50. The van der Waals surface area contributed by atoms with Crippen molar-refractivity contribution in [3.63, 3.8) is 0 Å². The molecule has 1 saturated carbocycles. The molecule has 2 aromatic rings. The third kappa shape index (κ3) is 4.26. The number of hydrogen-bond acceptors (Lipinski definition) is 5. The predicted octanol–water partition coefficient (Wildman–Crippen LogP) is 1.50. The molecule has 5 atom stereocenters. The molecule has 1 aliphatic rings. The zero-order chi connectivity index (χ0) is 17.6. The van der Waals surface area contributed by atoms with Gasteiger partial charge in [0.05, 0.1) is 32.0 Å². The fourth-order valence-electron chi connectivity index (χ4n) is 3.24. The first-order valence-corrected chi connectivity index (χ1v) is 8.48. The minimum atomic E-state index is -1.10. The van der Waals surface area contributed by atoms with Gasteiger partial charge in [-0.15, -0.1) is 0 Å². The molecule has 0 unspecified atom stereocenters. The maximum Gasteiger partial charge on any atom is 0.113 e. The van der Waals surface area contributed by atoms with Crippen LogP contribution in [0.2, 0.25) is 0 Å². The van der Waals surface area contributed by atoms with Crippen molar-refractivity contribution in [1.82, 2.24) is 0 Å². The van der Waals surface area contributed by atoms with E-state index < -0.39 is 30.3 Å². The van der Waals surface area contributed by atoms with Gasteiger partial charge in [0.2, 0.25) is 0 Å². The SMILES string of the molecule is OC[C@@H]1[C@@H](O)[C@H](O)[C@@H](OCc2ccccc2)[C@@H]1OCc1ccccc1. The zero-order valence-electron chi connectivity index (χ0n) is 13.9. The summed E-state index contributed by atoms with van der Waals surface area (Å²) >= 11 is 0. The third-order valence-electron chi connectivity index (χ3n) is 4.65. The van der Waals surface area contributed by atoms with Crippen molar-refractivity contribution in [2.75, 3.05) is 6.61 Å². The minimum Gasteiger partial charge on any atom is -0.396 e. The molecular formula is C20H24O5. The first-order valence-electron chi connectivity index (χ1n) is 8.48. The van der Waals surface area contributed by atoms with Gasteiger partial charge < -0.3 is 24.8 Å². The van der Waals surface area contributed by atoms with E-state index in [4.69, 9.17) is 9.47 Å². The summed E-state index contributed by atoms with van der Waals surface area (Å²) in [7, 11) is 0. The van der Waals surface area contributed by atoms with E-state index in [1.54, 1.807) is 0 Å². The van der Waals surface area contributed by atoms with E-state index >= 15 is 0 Å². The molecule has 1 aliphatic carbocycles. The van der Waals surface area contributed by atoms with Gasteiger partial charge in [-0.2, -0.15) is 0 Å². The van der Waals surface area contributed by atoms with Gasteiger partial charge in [0.1, 0.15) is 12.2 Å². The fourth-order valence-corrected chi connectivity index (χ4v) is 3.24. The number of ether oxygens (including phenoxy) is 2. The summed E-state index contributed by atoms with van der Waals surface area (Å²) in [6.07, 6.45) is -3.46. The molecule has 2 aromatic carbocycles. The lowest BCUT2D eigenvalue weighted by Crippen LogP contribution is -2.36. The normalized spacial score (nSPS) is 29.0. The Balaban J connectivity index is 1.68. The standard InChI is InChI=1S/C20H24O5/c21-11-16-17(22)18(23)20(25-13-15-9-5-2-6-10-15)19(16)24-12-14-7-3-1-4-8-14/h1-10,16-23H,11-13H2/t16-,17-,18+,19-,20-/m1/s1. The highest BCUT2D eigenvalue weighted by molar-refractivity contribution is 5.15. The molecule has 25 heavy (non-hydrogen) atoms. The molecule has 3 rings (SSSR count). The van der Waals surface area contributed by atoms with E-state index in [0.29, 0.717) is 13.2 Å². The Labute approximate surface area is 147 Å². The maximum absolute atomic E-state index is 10.3. The van der Waals surface area contributed by atoms with Gasteiger partial charge in [-0.25, -0.2) is 0 Å². The summed E-state index contributed by atoms with van der Waals surface area (Å²) < 4.78 is 11.8. The van der Waals surface area contributed by atoms with Crippen LogP contribution in [-0.2, 0) is 22.7 Å². The highest BCUT2D eigenvalue weighted by Crippen LogP contribution is 2.33. The molecule has 5 heteroatoms. The van der Waals surface area contributed by atoms with Crippen LogP contribution in [0.3, 0.4) is 0 Å². The Hall–Kier alpha value is -1.76. The second kappa shape index (κ2) is 8.56. The molecule has 0 heterocycles. The summed E-state index contributed by atoms with van der Waals surface area (Å²) in [5, 5.41) is 30.2. The van der Waals surface area contributed by atoms with E-state index in [-0.39, 0.29) is 6.61 Å². The Bertz CT molecular complexity index is 633. The lowest BCUT2D eigenvalue weighted by atomic mass is 10.0. The van der Waals surface area contributed by atoms with Crippen molar-refractivity contribution in [1.29, 1.82) is 0 Å². The van der Waals surface area contributed by atoms with Crippen LogP contribution in [-0.4, -0.2) is 46.3 Å². The third-order valence-corrected chi connectivity index (χ3v) is 4.65. The largest absolute Gasteiger partial charge is 0.396 e. The zero-order valence-corrected chi connectivity index (χ0v) is 13.9. The Kier molecular flexibility index (Phi) is 6.18. The van der Waals surface area contributed by atoms with Crippen LogP contribution in [0.15, 0.2) is 60.7 Å². The van der Waals surface area contributed by atoms with Gasteiger partial charge in [-0.3, -0.25) is 0 Å².